The van der Waals surface area contributed by atoms with Gasteiger partial charge >= 0.3 is 0 Å². The van der Waals surface area contributed by atoms with Gasteiger partial charge in [-0.1, -0.05) is 0 Å². The topological polar surface area (TPSA) is 36.0 Å². The summed E-state index contributed by atoms with van der Waals surface area (Å²) in [6.07, 6.45) is 2.33. The molecule has 0 unspecified atom stereocenters. The Hall–Kier alpha value is -0.650. The zero-order valence-electron chi connectivity index (χ0n) is 14.6. The highest BCUT2D eigenvalue weighted by Gasteiger charge is 2.27. The SMILES string of the molecule is CCOCCN1CCN(CC2CCN(C(C)=O)CC2)C[C@@H]1C. The quantitative estimate of drug-likeness (QED) is 0.693. The first-order valence-corrected chi connectivity index (χ1v) is 8.89. The minimum absolute atomic E-state index is 0.231. The van der Waals surface area contributed by atoms with Crippen molar-refractivity contribution < 1.29 is 9.53 Å². The summed E-state index contributed by atoms with van der Waals surface area (Å²) >= 11 is 0. The Labute approximate surface area is 135 Å². The van der Waals surface area contributed by atoms with Crippen LogP contribution in [0.4, 0.5) is 0 Å². The molecule has 5 heteroatoms. The molecule has 1 amide bonds. The minimum atomic E-state index is 0.231. The fourth-order valence-corrected chi connectivity index (χ4v) is 3.69. The maximum absolute atomic E-state index is 11.4. The summed E-state index contributed by atoms with van der Waals surface area (Å²) in [4.78, 5) is 18.5. The number of amides is 1. The number of nitrogens with zero attached hydrogens (tertiary/aromatic N) is 3. The summed E-state index contributed by atoms with van der Waals surface area (Å²) in [5.74, 6) is 0.993. The largest absolute Gasteiger partial charge is 0.380 e. The maximum atomic E-state index is 11.4. The Morgan fingerprint density at radius 1 is 1.18 bits per heavy atom. The van der Waals surface area contributed by atoms with Crippen LogP contribution in [0.25, 0.3) is 0 Å². The zero-order valence-corrected chi connectivity index (χ0v) is 14.6. The first-order chi connectivity index (χ1) is 10.6. The van der Waals surface area contributed by atoms with Gasteiger partial charge in [-0.3, -0.25) is 9.69 Å². The molecule has 0 bridgehead atoms. The molecule has 5 nitrogen and oxygen atoms in total. The Morgan fingerprint density at radius 3 is 2.50 bits per heavy atom. The van der Waals surface area contributed by atoms with Crippen molar-refractivity contribution in [2.24, 2.45) is 5.92 Å². The summed E-state index contributed by atoms with van der Waals surface area (Å²) in [6.45, 7) is 15.4. The van der Waals surface area contributed by atoms with Crippen molar-refractivity contribution in [2.75, 3.05) is 59.0 Å². The van der Waals surface area contributed by atoms with Crippen molar-refractivity contribution in [2.45, 2.75) is 39.7 Å². The smallest absolute Gasteiger partial charge is 0.219 e. The predicted octanol–water partition coefficient (Wildman–Crippen LogP) is 1.29. The number of rotatable bonds is 6. The van der Waals surface area contributed by atoms with Gasteiger partial charge < -0.3 is 14.5 Å². The van der Waals surface area contributed by atoms with Gasteiger partial charge in [-0.05, 0) is 32.6 Å². The molecule has 2 aliphatic heterocycles. The van der Waals surface area contributed by atoms with E-state index >= 15 is 0 Å². The van der Waals surface area contributed by atoms with E-state index in [0.717, 1.165) is 45.3 Å². The van der Waals surface area contributed by atoms with E-state index in [-0.39, 0.29) is 5.91 Å². The van der Waals surface area contributed by atoms with Gasteiger partial charge in [-0.15, -0.1) is 0 Å². The van der Waals surface area contributed by atoms with E-state index in [0.29, 0.717) is 6.04 Å². The number of ether oxygens (including phenoxy) is 1. The number of hydrogen-bond donors (Lipinski definition) is 0. The van der Waals surface area contributed by atoms with Crippen molar-refractivity contribution in [3.8, 4) is 0 Å². The first-order valence-electron chi connectivity index (χ1n) is 8.89. The van der Waals surface area contributed by atoms with Crippen LogP contribution in [0.3, 0.4) is 0 Å². The van der Waals surface area contributed by atoms with Crippen LogP contribution in [0.5, 0.6) is 0 Å². The predicted molar refractivity (Wildman–Crippen MR) is 88.9 cm³/mol. The molecule has 0 radical (unpaired) electrons. The number of piperidine rings is 1. The number of carbonyl (C=O) groups excluding carboxylic acids is 1. The van der Waals surface area contributed by atoms with Crippen molar-refractivity contribution in [1.29, 1.82) is 0 Å². The summed E-state index contributed by atoms with van der Waals surface area (Å²) in [5.41, 5.74) is 0. The second-order valence-corrected chi connectivity index (χ2v) is 6.79. The number of likely N-dealkylation sites (tertiary alicyclic amines) is 1. The monoisotopic (exact) mass is 311 g/mol. The van der Waals surface area contributed by atoms with Crippen LogP contribution in [0.1, 0.15) is 33.6 Å². The molecule has 0 aromatic carbocycles. The Morgan fingerprint density at radius 2 is 1.91 bits per heavy atom. The second-order valence-electron chi connectivity index (χ2n) is 6.79. The van der Waals surface area contributed by atoms with E-state index in [1.54, 1.807) is 6.92 Å². The van der Waals surface area contributed by atoms with Gasteiger partial charge in [0.25, 0.3) is 0 Å². The van der Waals surface area contributed by atoms with Crippen LogP contribution in [-0.4, -0.2) is 85.7 Å². The molecule has 2 heterocycles. The summed E-state index contributed by atoms with van der Waals surface area (Å²) in [7, 11) is 0. The molecule has 0 N–H and O–H groups in total. The summed E-state index contributed by atoms with van der Waals surface area (Å²) < 4.78 is 5.47. The average Bonchev–Trinajstić information content (AvgIpc) is 2.50. The molecule has 128 valence electrons. The van der Waals surface area contributed by atoms with E-state index < -0.39 is 0 Å². The van der Waals surface area contributed by atoms with Crippen LogP contribution in [-0.2, 0) is 9.53 Å². The third-order valence-corrected chi connectivity index (χ3v) is 5.15. The molecule has 0 saturated carbocycles. The molecular weight excluding hydrogens is 278 g/mol. The lowest BCUT2D eigenvalue weighted by atomic mass is 9.95. The fourth-order valence-electron chi connectivity index (χ4n) is 3.69. The molecule has 0 aromatic rings. The van der Waals surface area contributed by atoms with Gasteiger partial charge in [0.2, 0.25) is 5.91 Å². The zero-order chi connectivity index (χ0) is 15.9. The number of hydrogen-bond acceptors (Lipinski definition) is 4. The van der Waals surface area contributed by atoms with Gasteiger partial charge in [-0.25, -0.2) is 0 Å². The highest BCUT2D eigenvalue weighted by atomic mass is 16.5. The Kier molecular flexibility index (Phi) is 7.12. The molecular formula is C17H33N3O2. The van der Waals surface area contributed by atoms with Crippen LogP contribution < -0.4 is 0 Å². The molecule has 2 saturated heterocycles. The van der Waals surface area contributed by atoms with Crippen molar-refractivity contribution in [3.63, 3.8) is 0 Å². The number of carbonyl (C=O) groups is 1. The molecule has 2 fully saturated rings. The maximum Gasteiger partial charge on any atom is 0.219 e. The minimum Gasteiger partial charge on any atom is -0.380 e. The first kappa shape index (κ1) is 17.7. The molecule has 22 heavy (non-hydrogen) atoms. The van der Waals surface area contributed by atoms with Crippen molar-refractivity contribution in [1.82, 2.24) is 14.7 Å². The number of piperazine rings is 1. The van der Waals surface area contributed by atoms with Gasteiger partial charge in [0.05, 0.1) is 6.61 Å². The molecule has 2 aliphatic rings. The van der Waals surface area contributed by atoms with Crippen molar-refractivity contribution >= 4 is 5.91 Å². The lowest BCUT2D eigenvalue weighted by Crippen LogP contribution is -2.54. The summed E-state index contributed by atoms with van der Waals surface area (Å²) in [5, 5.41) is 0. The molecule has 0 aromatic heterocycles. The lowest BCUT2D eigenvalue weighted by Gasteiger charge is -2.42. The molecule has 0 spiro atoms. The van der Waals surface area contributed by atoms with E-state index in [4.69, 9.17) is 4.74 Å². The highest BCUT2D eigenvalue weighted by molar-refractivity contribution is 5.73. The second kappa shape index (κ2) is 8.85. The highest BCUT2D eigenvalue weighted by Crippen LogP contribution is 2.20. The van der Waals surface area contributed by atoms with Gasteiger partial charge in [-0.2, -0.15) is 0 Å². The van der Waals surface area contributed by atoms with Crippen molar-refractivity contribution in [3.05, 3.63) is 0 Å². The third-order valence-electron chi connectivity index (χ3n) is 5.15. The molecule has 2 rings (SSSR count). The van der Waals surface area contributed by atoms with Gasteiger partial charge in [0, 0.05) is 65.4 Å². The Bertz CT molecular complexity index is 343. The normalized spacial score (nSPS) is 25.6. The lowest BCUT2D eigenvalue weighted by molar-refractivity contribution is -0.130. The van der Waals surface area contributed by atoms with Gasteiger partial charge in [0.1, 0.15) is 0 Å². The van der Waals surface area contributed by atoms with Crippen LogP contribution >= 0.6 is 0 Å². The van der Waals surface area contributed by atoms with Crippen LogP contribution in [0.2, 0.25) is 0 Å². The van der Waals surface area contributed by atoms with E-state index in [2.05, 4.69) is 23.6 Å². The molecule has 1 atom stereocenters. The standard InChI is InChI=1S/C17H33N3O2/c1-4-22-12-11-19-10-9-18(13-15(19)2)14-17-5-7-20(8-6-17)16(3)21/h15,17H,4-14H2,1-3H3/t15-/m0/s1. The van der Waals surface area contributed by atoms with Gasteiger partial charge in [0.15, 0.2) is 0 Å². The third kappa shape index (κ3) is 5.21. The molecule has 0 aliphatic carbocycles. The Balaban J connectivity index is 1.67. The summed E-state index contributed by atoms with van der Waals surface area (Å²) in [6, 6.07) is 0.617. The van der Waals surface area contributed by atoms with Crippen LogP contribution in [0, 0.1) is 5.92 Å². The van der Waals surface area contributed by atoms with E-state index in [1.807, 2.05) is 4.90 Å². The van der Waals surface area contributed by atoms with E-state index in [1.165, 1.54) is 32.5 Å². The average molecular weight is 311 g/mol. The van der Waals surface area contributed by atoms with Crippen LogP contribution in [0.15, 0.2) is 0 Å². The fraction of sp³-hybridized carbons (Fsp3) is 0.941. The van der Waals surface area contributed by atoms with E-state index in [9.17, 15) is 4.79 Å².